The number of Topliss-reactive ketones (excluding diaryl/α,β-unsaturated/α-hetero) is 1. The van der Waals surface area contributed by atoms with Gasteiger partial charge in [0.05, 0.1) is 11.7 Å². The lowest BCUT2D eigenvalue weighted by Gasteiger charge is -2.38. The largest absolute Gasteiger partial charge is 0.458 e. The van der Waals surface area contributed by atoms with Gasteiger partial charge >= 0.3 is 11.9 Å². The van der Waals surface area contributed by atoms with Crippen molar-refractivity contribution in [1.82, 2.24) is 0 Å². The first kappa shape index (κ1) is 27.8. The highest BCUT2D eigenvalue weighted by Crippen LogP contribution is 2.47. The molecule has 0 bridgehead atoms. The number of hydrogen-bond acceptors (Lipinski definition) is 7. The van der Waals surface area contributed by atoms with E-state index in [1.54, 1.807) is 76.3 Å². The van der Waals surface area contributed by atoms with E-state index >= 15 is 0 Å². The van der Waals surface area contributed by atoms with Crippen molar-refractivity contribution in [2.24, 2.45) is 23.2 Å². The summed E-state index contributed by atoms with van der Waals surface area (Å²) >= 11 is 0. The van der Waals surface area contributed by atoms with Crippen LogP contribution in [-0.4, -0.2) is 51.8 Å². The Bertz CT molecular complexity index is 1040. The van der Waals surface area contributed by atoms with Crippen molar-refractivity contribution in [3.8, 4) is 0 Å². The molecule has 7 atom stereocenters. The number of ether oxygens (including phenoxy) is 2. The number of fused-ring (bicyclic) bond motifs is 1. The van der Waals surface area contributed by atoms with Crippen molar-refractivity contribution in [2.75, 3.05) is 0 Å². The molecule has 36 heavy (non-hydrogen) atoms. The van der Waals surface area contributed by atoms with Gasteiger partial charge in [0.1, 0.15) is 23.6 Å². The number of rotatable bonds is 3. The lowest BCUT2D eigenvalue weighted by atomic mass is 9.76. The number of aliphatic hydroxyl groups is 2. The van der Waals surface area contributed by atoms with Crippen LogP contribution in [0.5, 0.6) is 0 Å². The van der Waals surface area contributed by atoms with E-state index in [1.165, 1.54) is 6.92 Å². The smallest absolute Gasteiger partial charge is 0.338 e. The minimum absolute atomic E-state index is 0.0363. The van der Waals surface area contributed by atoms with Gasteiger partial charge in [0.15, 0.2) is 0 Å². The third kappa shape index (κ3) is 5.79. The molecule has 3 rings (SSSR count). The predicted octanol–water partition coefficient (Wildman–Crippen LogP) is 4.03. The Morgan fingerprint density at radius 3 is 2.33 bits per heavy atom. The number of ketones is 1. The van der Waals surface area contributed by atoms with Crippen LogP contribution in [0.3, 0.4) is 0 Å². The Balaban J connectivity index is 2.09. The van der Waals surface area contributed by atoms with Crippen LogP contribution in [0.15, 0.2) is 54.1 Å². The summed E-state index contributed by atoms with van der Waals surface area (Å²) in [5, 5.41) is 23.3. The first-order valence-electron chi connectivity index (χ1n) is 12.5. The quantitative estimate of drug-likeness (QED) is 0.478. The maximum absolute atomic E-state index is 13.1. The van der Waals surface area contributed by atoms with Gasteiger partial charge in [-0.1, -0.05) is 50.3 Å². The Labute approximate surface area is 213 Å². The first-order valence-corrected chi connectivity index (χ1v) is 12.5. The van der Waals surface area contributed by atoms with Crippen LogP contribution < -0.4 is 0 Å². The van der Waals surface area contributed by atoms with Crippen molar-refractivity contribution in [3.63, 3.8) is 0 Å². The topological polar surface area (TPSA) is 110 Å². The van der Waals surface area contributed by atoms with Crippen molar-refractivity contribution in [2.45, 2.75) is 78.3 Å². The third-order valence-electron chi connectivity index (χ3n) is 7.57. The van der Waals surface area contributed by atoms with E-state index < -0.39 is 53.1 Å². The standard InChI is InChI=1S/C29H38O7/c1-17-12-13-28(5,6)24(31)15-23(35-20(4)30)18(2)14-22-25(19(3)16-29(22,34)26(17)32)36-27(33)21-10-8-7-9-11-21/h7-14,17,19,22-23,25-26,32,34H,15-16H2,1-6H3/b13-12+,18-14?/t17-,19-,22+,23-,25+,26-,29-/m1/s1. The average molecular weight is 499 g/mol. The van der Waals surface area contributed by atoms with Crippen LogP contribution in [0.4, 0.5) is 0 Å². The molecular weight excluding hydrogens is 460 g/mol. The van der Waals surface area contributed by atoms with E-state index in [9.17, 15) is 24.6 Å². The minimum Gasteiger partial charge on any atom is -0.458 e. The van der Waals surface area contributed by atoms with Crippen molar-refractivity contribution in [1.29, 1.82) is 0 Å². The number of hydrogen-bond donors (Lipinski definition) is 2. The molecule has 0 amide bonds. The van der Waals surface area contributed by atoms with Gasteiger partial charge in [-0.15, -0.1) is 0 Å². The molecule has 2 aliphatic rings. The molecule has 196 valence electrons. The number of benzene rings is 1. The normalized spacial score (nSPS) is 35.4. The zero-order valence-electron chi connectivity index (χ0n) is 21.9. The molecule has 0 unspecified atom stereocenters. The van der Waals surface area contributed by atoms with E-state index in [4.69, 9.17) is 9.47 Å². The summed E-state index contributed by atoms with van der Waals surface area (Å²) in [4.78, 5) is 37.9. The molecule has 1 fully saturated rings. The zero-order chi connectivity index (χ0) is 26.8. The van der Waals surface area contributed by atoms with Gasteiger partial charge < -0.3 is 19.7 Å². The zero-order valence-corrected chi connectivity index (χ0v) is 21.9. The van der Waals surface area contributed by atoms with Crippen LogP contribution >= 0.6 is 0 Å². The second-order valence-electron chi connectivity index (χ2n) is 11.0. The second-order valence-corrected chi connectivity index (χ2v) is 11.0. The maximum Gasteiger partial charge on any atom is 0.338 e. The molecule has 0 aromatic heterocycles. The summed E-state index contributed by atoms with van der Waals surface area (Å²) in [7, 11) is 0. The Morgan fingerprint density at radius 2 is 1.72 bits per heavy atom. The predicted molar refractivity (Wildman–Crippen MR) is 135 cm³/mol. The van der Waals surface area contributed by atoms with Crippen LogP contribution in [0.2, 0.25) is 0 Å². The molecule has 0 spiro atoms. The SMILES string of the molecule is CC(=O)O[C@@H]1CC(=O)C(C)(C)/C=C/[C@@H](C)[C@@H](O)[C@@]2(O)C[C@@H](C)[C@H](OC(=O)c3ccccc3)[C@@H]2C=C1C. The molecule has 7 heteroatoms. The fourth-order valence-electron chi connectivity index (χ4n) is 5.28. The molecule has 0 saturated heterocycles. The van der Waals surface area contributed by atoms with E-state index in [1.807, 2.05) is 6.92 Å². The highest BCUT2D eigenvalue weighted by Gasteiger charge is 2.57. The van der Waals surface area contributed by atoms with E-state index in [-0.39, 0.29) is 24.5 Å². The second kappa shape index (κ2) is 10.7. The number of allylic oxidation sites excluding steroid dienone is 1. The van der Waals surface area contributed by atoms with Gasteiger partial charge in [-0.25, -0.2) is 4.79 Å². The maximum atomic E-state index is 13.1. The highest BCUT2D eigenvalue weighted by atomic mass is 16.5. The van der Waals surface area contributed by atoms with Crippen molar-refractivity contribution >= 4 is 17.7 Å². The summed E-state index contributed by atoms with van der Waals surface area (Å²) in [6.07, 6.45) is 2.58. The van der Waals surface area contributed by atoms with Gasteiger partial charge in [-0.05, 0) is 50.8 Å². The summed E-state index contributed by atoms with van der Waals surface area (Å²) in [6.45, 7) is 10.2. The fraction of sp³-hybridized carbons (Fsp3) is 0.552. The molecular formula is C29H38O7. The van der Waals surface area contributed by atoms with Gasteiger partial charge in [-0.3, -0.25) is 9.59 Å². The number of aliphatic hydroxyl groups excluding tert-OH is 1. The number of carbonyl (C=O) groups is 3. The van der Waals surface area contributed by atoms with Crippen LogP contribution in [-0.2, 0) is 19.1 Å². The lowest BCUT2D eigenvalue weighted by Crippen LogP contribution is -2.50. The Morgan fingerprint density at radius 1 is 1.08 bits per heavy atom. The van der Waals surface area contributed by atoms with Gasteiger partial charge in [-0.2, -0.15) is 0 Å². The van der Waals surface area contributed by atoms with Crippen molar-refractivity contribution < 1.29 is 34.1 Å². The lowest BCUT2D eigenvalue weighted by molar-refractivity contribution is -0.146. The van der Waals surface area contributed by atoms with Gasteiger partial charge in [0.2, 0.25) is 0 Å². The van der Waals surface area contributed by atoms with Crippen LogP contribution in [0, 0.1) is 23.2 Å². The molecule has 2 aliphatic carbocycles. The Hall–Kier alpha value is -2.77. The molecule has 1 aromatic rings. The molecule has 1 aromatic carbocycles. The number of carbonyl (C=O) groups excluding carboxylic acids is 3. The summed E-state index contributed by atoms with van der Waals surface area (Å²) in [5.41, 5.74) is -1.53. The monoisotopic (exact) mass is 498 g/mol. The van der Waals surface area contributed by atoms with E-state index in [2.05, 4.69) is 0 Å². The molecule has 0 aliphatic heterocycles. The average Bonchev–Trinajstić information content (AvgIpc) is 3.05. The molecule has 2 N–H and O–H groups in total. The van der Waals surface area contributed by atoms with Crippen LogP contribution in [0.25, 0.3) is 0 Å². The third-order valence-corrected chi connectivity index (χ3v) is 7.57. The summed E-state index contributed by atoms with van der Waals surface area (Å²) < 4.78 is 11.4. The van der Waals surface area contributed by atoms with Crippen LogP contribution in [0.1, 0.15) is 64.7 Å². The first-order chi connectivity index (χ1) is 16.8. The fourth-order valence-corrected chi connectivity index (χ4v) is 5.28. The van der Waals surface area contributed by atoms with Gasteiger partial charge in [0.25, 0.3) is 0 Å². The summed E-state index contributed by atoms with van der Waals surface area (Å²) in [5.74, 6) is -2.70. The van der Waals surface area contributed by atoms with E-state index in [0.717, 1.165) is 0 Å². The van der Waals surface area contributed by atoms with E-state index in [0.29, 0.717) is 11.1 Å². The Kier molecular flexibility index (Phi) is 8.26. The number of esters is 2. The molecule has 1 saturated carbocycles. The molecule has 0 heterocycles. The minimum atomic E-state index is -1.61. The van der Waals surface area contributed by atoms with Gasteiger partial charge in [0, 0.05) is 30.6 Å². The van der Waals surface area contributed by atoms with Crippen molar-refractivity contribution in [3.05, 3.63) is 59.7 Å². The highest BCUT2D eigenvalue weighted by molar-refractivity contribution is 5.89. The molecule has 0 radical (unpaired) electrons. The molecule has 7 nitrogen and oxygen atoms in total. The summed E-state index contributed by atoms with van der Waals surface area (Å²) in [6, 6.07) is 8.59.